The number of hydrogen-bond acceptors (Lipinski definition) is 2. The summed E-state index contributed by atoms with van der Waals surface area (Å²) in [6, 6.07) is 13.9. The number of alkyl halides is 2. The molecule has 5 heteroatoms. The van der Waals surface area contributed by atoms with Gasteiger partial charge in [-0.15, -0.1) is 0 Å². The second kappa shape index (κ2) is 5.74. The first-order valence-corrected chi connectivity index (χ1v) is 7.41. The van der Waals surface area contributed by atoms with E-state index < -0.39 is 17.9 Å². The van der Waals surface area contributed by atoms with E-state index in [0.717, 1.165) is 29.5 Å². The van der Waals surface area contributed by atoms with E-state index in [0.29, 0.717) is 0 Å². The predicted molar refractivity (Wildman–Crippen MR) is 82.9 cm³/mol. The number of carbonyl (C=O) groups excluding carboxylic acids is 1. The number of carbonyl (C=O) groups is 1. The minimum absolute atomic E-state index is 0.186. The SMILES string of the molecule is NC(=O)C1(c2ccc(-c3ccc([C@H](O)C(F)F)cc3)cc2)CC1. The maximum atomic E-state index is 12.5. The van der Waals surface area contributed by atoms with Gasteiger partial charge in [0.25, 0.3) is 6.43 Å². The third kappa shape index (κ3) is 2.84. The summed E-state index contributed by atoms with van der Waals surface area (Å²) in [5, 5.41) is 9.35. The summed E-state index contributed by atoms with van der Waals surface area (Å²) in [6.07, 6.45) is -3.01. The molecule has 1 aliphatic carbocycles. The lowest BCUT2D eigenvalue weighted by molar-refractivity contribution is -0.120. The van der Waals surface area contributed by atoms with E-state index in [2.05, 4.69) is 0 Å². The largest absolute Gasteiger partial charge is 0.382 e. The van der Waals surface area contributed by atoms with E-state index in [-0.39, 0.29) is 11.5 Å². The number of benzene rings is 2. The van der Waals surface area contributed by atoms with Crippen LogP contribution in [0.15, 0.2) is 48.5 Å². The third-order valence-electron chi connectivity index (χ3n) is 4.48. The molecule has 1 aliphatic rings. The highest BCUT2D eigenvalue weighted by atomic mass is 19.3. The van der Waals surface area contributed by atoms with Crippen LogP contribution in [0.25, 0.3) is 11.1 Å². The van der Waals surface area contributed by atoms with Crippen molar-refractivity contribution in [3.63, 3.8) is 0 Å². The molecule has 0 unspecified atom stereocenters. The molecule has 120 valence electrons. The van der Waals surface area contributed by atoms with Gasteiger partial charge in [0.15, 0.2) is 0 Å². The maximum Gasteiger partial charge on any atom is 0.268 e. The van der Waals surface area contributed by atoms with Gasteiger partial charge in [0.2, 0.25) is 5.91 Å². The second-order valence-electron chi connectivity index (χ2n) is 5.93. The summed E-state index contributed by atoms with van der Waals surface area (Å²) < 4.78 is 25.0. The lowest BCUT2D eigenvalue weighted by atomic mass is 9.93. The minimum Gasteiger partial charge on any atom is -0.382 e. The Morgan fingerprint density at radius 3 is 1.87 bits per heavy atom. The highest BCUT2D eigenvalue weighted by Gasteiger charge is 2.49. The predicted octanol–water partition coefficient (Wildman–Crippen LogP) is 3.17. The first kappa shape index (κ1) is 15.6. The quantitative estimate of drug-likeness (QED) is 0.889. The number of aliphatic hydroxyl groups excluding tert-OH is 1. The number of rotatable bonds is 5. The Bertz CT molecular complexity index is 707. The molecule has 0 heterocycles. The molecule has 0 radical (unpaired) electrons. The van der Waals surface area contributed by atoms with Crippen molar-refractivity contribution in [1.82, 2.24) is 0 Å². The van der Waals surface area contributed by atoms with E-state index in [1.165, 1.54) is 12.1 Å². The molecule has 0 aliphatic heterocycles. The van der Waals surface area contributed by atoms with Crippen LogP contribution in [0.3, 0.4) is 0 Å². The average molecular weight is 317 g/mol. The normalized spacial score (nSPS) is 17.0. The number of aliphatic hydroxyl groups is 1. The number of hydrogen-bond donors (Lipinski definition) is 2. The first-order chi connectivity index (χ1) is 10.9. The zero-order chi connectivity index (χ0) is 16.6. The summed E-state index contributed by atoms with van der Waals surface area (Å²) in [5.41, 5.74) is 7.81. The zero-order valence-corrected chi connectivity index (χ0v) is 12.4. The highest BCUT2D eigenvalue weighted by molar-refractivity contribution is 5.90. The molecule has 1 saturated carbocycles. The smallest absolute Gasteiger partial charge is 0.268 e. The highest BCUT2D eigenvalue weighted by Crippen LogP contribution is 2.48. The van der Waals surface area contributed by atoms with Gasteiger partial charge in [-0.2, -0.15) is 0 Å². The second-order valence-corrected chi connectivity index (χ2v) is 5.93. The van der Waals surface area contributed by atoms with Crippen molar-refractivity contribution in [2.24, 2.45) is 5.73 Å². The Kier molecular flexibility index (Phi) is 3.90. The van der Waals surface area contributed by atoms with Crippen molar-refractivity contribution in [3.05, 3.63) is 59.7 Å². The summed E-state index contributed by atoms with van der Waals surface area (Å²) >= 11 is 0. The average Bonchev–Trinajstić information content (AvgIpc) is 3.36. The van der Waals surface area contributed by atoms with Crippen LogP contribution in [0.4, 0.5) is 8.78 Å². The van der Waals surface area contributed by atoms with Crippen molar-refractivity contribution in [2.45, 2.75) is 30.8 Å². The Morgan fingerprint density at radius 2 is 1.48 bits per heavy atom. The van der Waals surface area contributed by atoms with Crippen molar-refractivity contribution in [1.29, 1.82) is 0 Å². The molecule has 1 fully saturated rings. The topological polar surface area (TPSA) is 63.3 Å². The molecular weight excluding hydrogens is 300 g/mol. The molecule has 2 aromatic carbocycles. The molecule has 1 atom stereocenters. The van der Waals surface area contributed by atoms with Crippen LogP contribution in [0.1, 0.15) is 30.1 Å². The molecule has 2 aromatic rings. The molecule has 0 aromatic heterocycles. The number of nitrogens with two attached hydrogens (primary N) is 1. The van der Waals surface area contributed by atoms with Gasteiger partial charge in [-0.1, -0.05) is 48.5 Å². The summed E-state index contributed by atoms with van der Waals surface area (Å²) in [4.78, 5) is 11.5. The Morgan fingerprint density at radius 1 is 1.00 bits per heavy atom. The standard InChI is InChI=1S/C18H17F2NO2/c19-16(20)15(22)13-3-1-11(2-4-13)12-5-7-14(8-6-12)18(9-10-18)17(21)23/h1-8,15-16,22H,9-10H2,(H2,21,23)/t15-/m0/s1. The lowest BCUT2D eigenvalue weighted by Crippen LogP contribution is -2.28. The Balaban J connectivity index is 1.81. The zero-order valence-electron chi connectivity index (χ0n) is 12.4. The Hall–Kier alpha value is -2.27. The van der Waals surface area contributed by atoms with Gasteiger partial charge in [0, 0.05) is 0 Å². The maximum absolute atomic E-state index is 12.5. The van der Waals surface area contributed by atoms with Crippen LogP contribution in [-0.2, 0) is 10.2 Å². The summed E-state index contributed by atoms with van der Waals surface area (Å²) in [5.74, 6) is -0.296. The fraction of sp³-hybridized carbons (Fsp3) is 0.278. The van der Waals surface area contributed by atoms with Gasteiger partial charge < -0.3 is 10.8 Å². The van der Waals surface area contributed by atoms with Crippen LogP contribution in [0.5, 0.6) is 0 Å². The summed E-state index contributed by atoms with van der Waals surface area (Å²) in [7, 11) is 0. The van der Waals surface area contributed by atoms with Gasteiger partial charge in [-0.3, -0.25) is 4.79 Å². The molecule has 0 spiro atoms. The Labute approximate surface area is 132 Å². The first-order valence-electron chi connectivity index (χ1n) is 7.41. The number of primary amides is 1. The van der Waals surface area contributed by atoms with Crippen LogP contribution in [0, 0.1) is 0 Å². The van der Waals surface area contributed by atoms with Crippen molar-refractivity contribution >= 4 is 5.91 Å². The molecule has 0 saturated heterocycles. The van der Waals surface area contributed by atoms with Crippen LogP contribution in [-0.4, -0.2) is 17.4 Å². The van der Waals surface area contributed by atoms with Crippen molar-refractivity contribution in [2.75, 3.05) is 0 Å². The number of halogens is 2. The van der Waals surface area contributed by atoms with Gasteiger partial charge in [0.1, 0.15) is 6.10 Å². The van der Waals surface area contributed by atoms with E-state index in [1.807, 2.05) is 24.3 Å². The minimum atomic E-state index is -2.80. The molecule has 1 amide bonds. The molecular formula is C18H17F2NO2. The van der Waals surface area contributed by atoms with E-state index in [9.17, 15) is 18.7 Å². The van der Waals surface area contributed by atoms with Gasteiger partial charge in [-0.05, 0) is 35.1 Å². The monoisotopic (exact) mass is 317 g/mol. The van der Waals surface area contributed by atoms with Crippen LogP contribution < -0.4 is 5.73 Å². The fourth-order valence-corrected chi connectivity index (χ4v) is 2.80. The van der Waals surface area contributed by atoms with Crippen LogP contribution >= 0.6 is 0 Å². The summed E-state index contributed by atoms with van der Waals surface area (Å²) in [6.45, 7) is 0. The third-order valence-corrected chi connectivity index (χ3v) is 4.48. The molecule has 3 rings (SSSR count). The number of amides is 1. The molecule has 3 nitrogen and oxygen atoms in total. The van der Waals surface area contributed by atoms with Crippen molar-refractivity contribution in [3.8, 4) is 11.1 Å². The molecule has 0 bridgehead atoms. The van der Waals surface area contributed by atoms with E-state index in [4.69, 9.17) is 5.73 Å². The van der Waals surface area contributed by atoms with Gasteiger partial charge in [0.05, 0.1) is 5.41 Å². The van der Waals surface area contributed by atoms with Gasteiger partial charge >= 0.3 is 0 Å². The lowest BCUT2D eigenvalue weighted by Gasteiger charge is -2.13. The molecule has 23 heavy (non-hydrogen) atoms. The van der Waals surface area contributed by atoms with Crippen LogP contribution in [0.2, 0.25) is 0 Å². The van der Waals surface area contributed by atoms with Crippen molar-refractivity contribution < 1.29 is 18.7 Å². The van der Waals surface area contributed by atoms with Gasteiger partial charge in [-0.25, -0.2) is 8.78 Å². The fourth-order valence-electron chi connectivity index (χ4n) is 2.80. The molecule has 3 N–H and O–H groups in total. The van der Waals surface area contributed by atoms with E-state index >= 15 is 0 Å². The van der Waals surface area contributed by atoms with E-state index in [1.54, 1.807) is 12.1 Å².